The third kappa shape index (κ3) is 3.17. The number of hydrogen-bond acceptors (Lipinski definition) is 5. The minimum Gasteiger partial charge on any atom is -0.359 e. The molecule has 0 saturated carbocycles. The van der Waals surface area contributed by atoms with Gasteiger partial charge in [0.05, 0.1) is 12.2 Å². The van der Waals surface area contributed by atoms with E-state index in [0.717, 1.165) is 5.76 Å². The molecule has 0 spiro atoms. The smallest absolute Gasteiger partial charge is 0.269 e. The van der Waals surface area contributed by atoms with Crippen molar-refractivity contribution in [1.29, 1.82) is 0 Å². The lowest BCUT2D eigenvalue weighted by atomic mass is 10.2. The Kier molecular flexibility index (Phi) is 4.25. The van der Waals surface area contributed by atoms with E-state index in [1.807, 2.05) is 14.0 Å². The molecule has 2 heterocycles. The fourth-order valence-corrected chi connectivity index (χ4v) is 1.65. The predicted octanol–water partition coefficient (Wildman–Crippen LogP) is 1.21. The molecule has 2 aromatic rings. The highest BCUT2D eigenvalue weighted by Crippen LogP contribution is 2.17. The lowest BCUT2D eigenvalue weighted by molar-refractivity contribution is 0.0951. The van der Waals surface area contributed by atoms with Crippen LogP contribution in [-0.2, 0) is 6.54 Å². The Morgan fingerprint density at radius 1 is 1.37 bits per heavy atom. The molecule has 2 N–H and O–H groups in total. The summed E-state index contributed by atoms with van der Waals surface area (Å²) in [7, 11) is 1.83. The van der Waals surface area contributed by atoms with E-state index in [1.54, 1.807) is 24.3 Å². The molecule has 0 aliphatic rings. The van der Waals surface area contributed by atoms with E-state index >= 15 is 0 Å². The van der Waals surface area contributed by atoms with Gasteiger partial charge in [-0.05, 0) is 26.1 Å². The van der Waals surface area contributed by atoms with Gasteiger partial charge in [0.2, 0.25) is 0 Å². The average Bonchev–Trinajstić information content (AvgIpc) is 2.88. The molecule has 0 atom stereocenters. The van der Waals surface area contributed by atoms with Gasteiger partial charge in [-0.25, -0.2) is 4.98 Å². The van der Waals surface area contributed by atoms with Gasteiger partial charge in [-0.15, -0.1) is 0 Å². The second-order valence-electron chi connectivity index (χ2n) is 3.98. The number of rotatable bonds is 5. The van der Waals surface area contributed by atoms with Gasteiger partial charge in [-0.1, -0.05) is 11.2 Å². The number of carbonyl (C=O) groups is 1. The van der Waals surface area contributed by atoms with Crippen LogP contribution in [0.1, 0.15) is 23.2 Å². The van der Waals surface area contributed by atoms with Crippen LogP contribution in [0.5, 0.6) is 0 Å². The van der Waals surface area contributed by atoms with Crippen LogP contribution in [0.2, 0.25) is 0 Å². The van der Waals surface area contributed by atoms with Crippen molar-refractivity contribution in [2.45, 2.75) is 13.5 Å². The summed E-state index contributed by atoms with van der Waals surface area (Å²) >= 11 is 0. The summed E-state index contributed by atoms with van der Waals surface area (Å²) < 4.78 is 5.15. The zero-order valence-electron chi connectivity index (χ0n) is 10.9. The molecule has 0 aromatic carbocycles. The summed E-state index contributed by atoms with van der Waals surface area (Å²) in [5.74, 6) is 0.533. The first-order chi connectivity index (χ1) is 9.24. The predicted molar refractivity (Wildman–Crippen MR) is 70.5 cm³/mol. The Morgan fingerprint density at radius 3 is 2.95 bits per heavy atom. The van der Waals surface area contributed by atoms with E-state index in [2.05, 4.69) is 20.8 Å². The second kappa shape index (κ2) is 6.10. The minimum atomic E-state index is -0.191. The normalized spacial score (nSPS) is 10.4. The summed E-state index contributed by atoms with van der Waals surface area (Å²) in [6.07, 6.45) is 0. The largest absolute Gasteiger partial charge is 0.359 e. The van der Waals surface area contributed by atoms with E-state index in [4.69, 9.17) is 4.52 Å². The van der Waals surface area contributed by atoms with Crippen LogP contribution < -0.4 is 10.6 Å². The quantitative estimate of drug-likeness (QED) is 0.844. The third-order valence-electron chi connectivity index (χ3n) is 2.49. The first-order valence-electron chi connectivity index (χ1n) is 6.10. The summed E-state index contributed by atoms with van der Waals surface area (Å²) in [5, 5.41) is 9.63. The second-order valence-corrected chi connectivity index (χ2v) is 3.98. The molecule has 0 unspecified atom stereocenters. The van der Waals surface area contributed by atoms with Gasteiger partial charge in [0.25, 0.3) is 5.91 Å². The van der Waals surface area contributed by atoms with Crippen LogP contribution in [0.3, 0.4) is 0 Å². The van der Waals surface area contributed by atoms with Crippen LogP contribution in [0.15, 0.2) is 28.8 Å². The molecule has 0 bridgehead atoms. The molecular formula is C13H16N4O2. The lowest BCUT2D eigenvalue weighted by Gasteiger charge is -2.02. The molecule has 6 nitrogen and oxygen atoms in total. The fourth-order valence-electron chi connectivity index (χ4n) is 1.65. The number of pyridine rings is 1. The van der Waals surface area contributed by atoms with Gasteiger partial charge in [0.1, 0.15) is 11.4 Å². The number of aromatic nitrogens is 2. The summed E-state index contributed by atoms with van der Waals surface area (Å²) in [4.78, 5) is 16.0. The van der Waals surface area contributed by atoms with Crippen molar-refractivity contribution in [3.05, 3.63) is 35.7 Å². The Labute approximate surface area is 111 Å². The third-order valence-corrected chi connectivity index (χ3v) is 2.49. The first kappa shape index (κ1) is 13.2. The maximum Gasteiger partial charge on any atom is 0.269 e. The molecule has 100 valence electrons. The Bertz CT molecular complexity index is 565. The van der Waals surface area contributed by atoms with E-state index in [0.29, 0.717) is 30.2 Å². The molecular weight excluding hydrogens is 244 g/mol. The van der Waals surface area contributed by atoms with Gasteiger partial charge in [0, 0.05) is 12.6 Å². The number of amides is 1. The zero-order valence-corrected chi connectivity index (χ0v) is 10.9. The SMILES string of the molecule is CCNC(=O)c1cccc(-c2cc(CNC)on2)n1. The fraction of sp³-hybridized carbons (Fsp3) is 0.308. The standard InChI is InChI=1S/C13H16N4O2/c1-3-15-13(18)11-6-4-5-10(16-11)12-7-9(8-14-2)19-17-12/h4-7,14H,3,8H2,1-2H3,(H,15,18). The molecule has 0 aliphatic heterocycles. The molecule has 0 fully saturated rings. The maximum atomic E-state index is 11.7. The van der Waals surface area contributed by atoms with Gasteiger partial charge in [-0.2, -0.15) is 0 Å². The van der Waals surface area contributed by atoms with Crippen molar-refractivity contribution < 1.29 is 9.32 Å². The monoisotopic (exact) mass is 260 g/mol. The number of hydrogen-bond donors (Lipinski definition) is 2. The van der Waals surface area contributed by atoms with E-state index < -0.39 is 0 Å². The number of nitrogens with zero attached hydrogens (tertiary/aromatic N) is 2. The minimum absolute atomic E-state index is 0.191. The number of carbonyl (C=O) groups excluding carboxylic acids is 1. The highest BCUT2D eigenvalue weighted by molar-refractivity contribution is 5.92. The van der Waals surface area contributed by atoms with Crippen molar-refractivity contribution >= 4 is 5.91 Å². The van der Waals surface area contributed by atoms with Crippen molar-refractivity contribution in [1.82, 2.24) is 20.8 Å². The average molecular weight is 260 g/mol. The highest BCUT2D eigenvalue weighted by Gasteiger charge is 2.11. The summed E-state index contributed by atoms with van der Waals surface area (Å²) in [6, 6.07) is 7.05. The molecule has 2 aromatic heterocycles. The Hall–Kier alpha value is -2.21. The van der Waals surface area contributed by atoms with Crippen molar-refractivity contribution in [3.63, 3.8) is 0 Å². The van der Waals surface area contributed by atoms with Crippen LogP contribution in [-0.4, -0.2) is 29.6 Å². The van der Waals surface area contributed by atoms with Gasteiger partial charge >= 0.3 is 0 Å². The van der Waals surface area contributed by atoms with E-state index in [-0.39, 0.29) is 5.91 Å². The molecule has 19 heavy (non-hydrogen) atoms. The van der Waals surface area contributed by atoms with E-state index in [9.17, 15) is 4.79 Å². The molecule has 0 radical (unpaired) electrons. The van der Waals surface area contributed by atoms with Crippen LogP contribution in [0.25, 0.3) is 11.4 Å². The lowest BCUT2D eigenvalue weighted by Crippen LogP contribution is -2.23. The zero-order chi connectivity index (χ0) is 13.7. The Balaban J connectivity index is 2.24. The molecule has 2 rings (SSSR count). The van der Waals surface area contributed by atoms with E-state index in [1.165, 1.54) is 0 Å². The molecule has 0 aliphatic carbocycles. The highest BCUT2D eigenvalue weighted by atomic mass is 16.5. The topological polar surface area (TPSA) is 80.0 Å². The first-order valence-corrected chi connectivity index (χ1v) is 6.10. The van der Waals surface area contributed by atoms with Gasteiger partial charge < -0.3 is 15.2 Å². The molecule has 6 heteroatoms. The van der Waals surface area contributed by atoms with Crippen molar-refractivity contribution in [2.24, 2.45) is 0 Å². The van der Waals surface area contributed by atoms with Crippen molar-refractivity contribution in [2.75, 3.05) is 13.6 Å². The van der Waals surface area contributed by atoms with Crippen LogP contribution >= 0.6 is 0 Å². The maximum absolute atomic E-state index is 11.7. The summed E-state index contributed by atoms with van der Waals surface area (Å²) in [5.41, 5.74) is 1.61. The van der Waals surface area contributed by atoms with Crippen molar-refractivity contribution in [3.8, 4) is 11.4 Å². The van der Waals surface area contributed by atoms with Crippen LogP contribution in [0, 0.1) is 0 Å². The Morgan fingerprint density at radius 2 is 2.21 bits per heavy atom. The number of nitrogens with one attached hydrogen (secondary N) is 2. The molecule has 1 amide bonds. The summed E-state index contributed by atoms with van der Waals surface area (Å²) in [6.45, 7) is 3.04. The molecule has 0 saturated heterocycles. The van der Waals surface area contributed by atoms with Crippen LogP contribution in [0.4, 0.5) is 0 Å². The van der Waals surface area contributed by atoms with Gasteiger partial charge in [-0.3, -0.25) is 4.79 Å². The van der Waals surface area contributed by atoms with Gasteiger partial charge in [0.15, 0.2) is 5.76 Å².